The van der Waals surface area contributed by atoms with Gasteiger partial charge in [0.2, 0.25) is 0 Å². The summed E-state index contributed by atoms with van der Waals surface area (Å²) in [4.78, 5) is 0.934. The molecule has 0 atom stereocenters. The average molecular weight is 260 g/mol. The monoisotopic (exact) mass is 260 g/mol. The van der Waals surface area contributed by atoms with Gasteiger partial charge in [0.15, 0.2) is 0 Å². The van der Waals surface area contributed by atoms with Gasteiger partial charge in [-0.2, -0.15) is 0 Å². The Balaban J connectivity index is 3.23. The van der Waals surface area contributed by atoms with Gasteiger partial charge in [-0.1, -0.05) is 30.4 Å². The molecule has 0 amide bonds. The summed E-state index contributed by atoms with van der Waals surface area (Å²) in [5.74, 6) is 0.862. The highest BCUT2D eigenvalue weighted by molar-refractivity contribution is 7.80. The number of hydrogen-bond donors (Lipinski definition) is 0. The van der Waals surface area contributed by atoms with Crippen LogP contribution < -0.4 is 4.74 Å². The Bertz CT molecular complexity index is 460. The summed E-state index contributed by atoms with van der Waals surface area (Å²) in [7, 11) is 1.69. The Hall–Kier alpha value is -1.41. The first-order chi connectivity index (χ1) is 8.63. The summed E-state index contributed by atoms with van der Waals surface area (Å²) in [6, 6.07) is 4.18. The second-order valence-electron chi connectivity index (χ2n) is 4.24. The van der Waals surface area contributed by atoms with E-state index in [2.05, 4.69) is 26.1 Å². The maximum atomic E-state index is 5.52. The summed E-state index contributed by atoms with van der Waals surface area (Å²) in [6.07, 6.45) is 6.32. The molecule has 0 spiro atoms. The van der Waals surface area contributed by atoms with E-state index in [0.717, 1.165) is 35.4 Å². The summed E-state index contributed by atoms with van der Waals surface area (Å²) < 4.78 is 5.47. The minimum Gasteiger partial charge on any atom is -0.496 e. The molecule has 18 heavy (non-hydrogen) atoms. The molecule has 0 N–H and O–H groups in total. The predicted octanol–water partition coefficient (Wildman–Crippen LogP) is 4.42. The number of rotatable bonds is 7. The number of thiocarbonyl (C=S) groups is 1. The van der Waals surface area contributed by atoms with Crippen LogP contribution in [-0.2, 0) is 6.42 Å². The van der Waals surface area contributed by atoms with E-state index in [-0.39, 0.29) is 0 Å². The average Bonchev–Trinajstić information content (AvgIpc) is 2.35. The second-order valence-corrected chi connectivity index (χ2v) is 4.74. The molecule has 0 aliphatic heterocycles. The lowest BCUT2D eigenvalue weighted by atomic mass is 9.96. The lowest BCUT2D eigenvalue weighted by Crippen LogP contribution is -2.06. The summed E-state index contributed by atoms with van der Waals surface area (Å²) in [6.45, 7) is 9.60. The van der Waals surface area contributed by atoms with Gasteiger partial charge in [0.1, 0.15) is 5.75 Å². The lowest BCUT2D eigenvalue weighted by molar-refractivity contribution is 0.413. The number of methoxy groups -OCH3 is 1. The summed E-state index contributed by atoms with van der Waals surface area (Å²) >= 11 is 5.52. The van der Waals surface area contributed by atoms with E-state index in [1.54, 1.807) is 7.11 Å². The molecule has 0 unspecified atom stereocenters. The fourth-order valence-corrected chi connectivity index (χ4v) is 2.33. The second kappa shape index (κ2) is 7.12. The van der Waals surface area contributed by atoms with Crippen molar-refractivity contribution in [2.24, 2.45) is 0 Å². The van der Waals surface area contributed by atoms with Gasteiger partial charge >= 0.3 is 0 Å². The Labute approximate surface area is 115 Å². The normalized spacial score (nSPS) is 9.89. The van der Waals surface area contributed by atoms with Gasteiger partial charge in [-0.25, -0.2) is 0 Å². The van der Waals surface area contributed by atoms with Crippen molar-refractivity contribution >= 4 is 17.1 Å². The Morgan fingerprint density at radius 3 is 2.61 bits per heavy atom. The molecule has 1 aromatic rings. The van der Waals surface area contributed by atoms with E-state index >= 15 is 0 Å². The van der Waals surface area contributed by atoms with Crippen LogP contribution in [0.4, 0.5) is 0 Å². The van der Waals surface area contributed by atoms with Crippen LogP contribution in [-0.4, -0.2) is 12.0 Å². The van der Waals surface area contributed by atoms with Gasteiger partial charge in [-0.3, -0.25) is 0 Å². The molecule has 96 valence electrons. The van der Waals surface area contributed by atoms with Crippen LogP contribution >= 0.6 is 12.2 Å². The molecule has 0 aliphatic carbocycles. The number of ether oxygens (including phenoxy) is 1. The molecule has 2 heteroatoms. The molecular weight excluding hydrogens is 240 g/mol. The third-order valence-corrected chi connectivity index (χ3v) is 3.17. The standard InChI is InChI=1S/C16H20OS/c1-5-7-9-15(18)16-13(8-6-2)10-12(3)11-14(16)17-4/h5-6,10-11H,1-2,7-9H2,3-4H3. The quantitative estimate of drug-likeness (QED) is 0.408. The highest BCUT2D eigenvalue weighted by Gasteiger charge is 2.13. The minimum absolute atomic E-state index is 0.807. The number of benzene rings is 1. The molecule has 1 aromatic carbocycles. The van der Waals surface area contributed by atoms with Gasteiger partial charge in [-0.05, 0) is 43.4 Å². The zero-order valence-electron chi connectivity index (χ0n) is 11.2. The molecule has 0 heterocycles. The van der Waals surface area contributed by atoms with Crippen molar-refractivity contribution in [1.29, 1.82) is 0 Å². The third-order valence-electron chi connectivity index (χ3n) is 2.77. The van der Waals surface area contributed by atoms with E-state index in [1.165, 1.54) is 11.1 Å². The van der Waals surface area contributed by atoms with Crippen molar-refractivity contribution in [2.45, 2.75) is 26.2 Å². The van der Waals surface area contributed by atoms with Crippen LogP contribution in [0.15, 0.2) is 37.4 Å². The van der Waals surface area contributed by atoms with E-state index in [0.29, 0.717) is 0 Å². The smallest absolute Gasteiger partial charge is 0.127 e. The van der Waals surface area contributed by atoms with Crippen molar-refractivity contribution < 1.29 is 4.74 Å². The largest absolute Gasteiger partial charge is 0.496 e. The Kier molecular flexibility index (Phi) is 5.79. The molecular formula is C16H20OS. The van der Waals surface area contributed by atoms with Crippen LogP contribution in [0.5, 0.6) is 5.75 Å². The number of allylic oxidation sites excluding steroid dienone is 2. The molecule has 0 saturated carbocycles. The summed E-state index contributed by atoms with van der Waals surface area (Å²) in [5, 5.41) is 0. The Morgan fingerprint density at radius 2 is 2.06 bits per heavy atom. The topological polar surface area (TPSA) is 9.23 Å². The van der Waals surface area contributed by atoms with E-state index < -0.39 is 0 Å². The molecule has 0 saturated heterocycles. The fraction of sp³-hybridized carbons (Fsp3) is 0.312. The maximum absolute atomic E-state index is 5.52. The first-order valence-electron chi connectivity index (χ1n) is 6.06. The van der Waals surface area contributed by atoms with Gasteiger partial charge in [-0.15, -0.1) is 13.2 Å². The van der Waals surface area contributed by atoms with Crippen molar-refractivity contribution in [1.82, 2.24) is 0 Å². The third kappa shape index (κ3) is 3.54. The van der Waals surface area contributed by atoms with Crippen LogP contribution in [0.25, 0.3) is 0 Å². The number of aryl methyl sites for hydroxylation is 1. The molecule has 0 aliphatic rings. The number of hydrogen-bond acceptors (Lipinski definition) is 2. The highest BCUT2D eigenvalue weighted by Crippen LogP contribution is 2.27. The zero-order chi connectivity index (χ0) is 13.5. The SMILES string of the molecule is C=CCCC(=S)c1c(CC=C)cc(C)cc1OC. The lowest BCUT2D eigenvalue weighted by Gasteiger charge is -2.15. The Morgan fingerprint density at radius 1 is 1.33 bits per heavy atom. The van der Waals surface area contributed by atoms with Gasteiger partial charge in [0.25, 0.3) is 0 Å². The predicted molar refractivity (Wildman–Crippen MR) is 82.8 cm³/mol. The molecule has 0 aromatic heterocycles. The summed E-state index contributed by atoms with van der Waals surface area (Å²) in [5.41, 5.74) is 3.43. The van der Waals surface area contributed by atoms with Gasteiger partial charge < -0.3 is 4.74 Å². The molecule has 0 radical (unpaired) electrons. The van der Waals surface area contributed by atoms with Gasteiger partial charge in [0, 0.05) is 10.4 Å². The van der Waals surface area contributed by atoms with Crippen LogP contribution in [0.2, 0.25) is 0 Å². The van der Waals surface area contributed by atoms with Crippen molar-refractivity contribution in [3.8, 4) is 5.75 Å². The molecule has 0 bridgehead atoms. The van der Waals surface area contributed by atoms with Crippen LogP contribution in [0.3, 0.4) is 0 Å². The maximum Gasteiger partial charge on any atom is 0.127 e. The fourth-order valence-electron chi connectivity index (χ4n) is 1.98. The van der Waals surface area contributed by atoms with Crippen molar-refractivity contribution in [3.05, 3.63) is 54.1 Å². The first-order valence-corrected chi connectivity index (χ1v) is 6.47. The van der Waals surface area contributed by atoms with Crippen LogP contribution in [0.1, 0.15) is 29.5 Å². The molecule has 1 rings (SSSR count). The highest BCUT2D eigenvalue weighted by atomic mass is 32.1. The van der Waals surface area contributed by atoms with E-state index in [4.69, 9.17) is 17.0 Å². The molecule has 1 nitrogen and oxygen atoms in total. The van der Waals surface area contributed by atoms with Crippen molar-refractivity contribution in [3.63, 3.8) is 0 Å². The van der Waals surface area contributed by atoms with E-state index in [1.807, 2.05) is 18.2 Å². The van der Waals surface area contributed by atoms with E-state index in [9.17, 15) is 0 Å². The molecule has 0 fully saturated rings. The zero-order valence-corrected chi connectivity index (χ0v) is 12.0. The first kappa shape index (κ1) is 14.7. The minimum atomic E-state index is 0.807. The van der Waals surface area contributed by atoms with Crippen LogP contribution in [0, 0.1) is 6.92 Å². The van der Waals surface area contributed by atoms with Gasteiger partial charge in [0.05, 0.1) is 7.11 Å². The van der Waals surface area contributed by atoms with Crippen molar-refractivity contribution in [2.75, 3.05) is 7.11 Å².